The normalized spacial score (nSPS) is 15.3. The first kappa shape index (κ1) is 17.9. The van der Waals surface area contributed by atoms with E-state index in [4.69, 9.17) is 12.2 Å². The van der Waals surface area contributed by atoms with Gasteiger partial charge < -0.3 is 15.2 Å². The minimum Gasteiger partial charge on any atom is -0.366 e. The maximum Gasteiger partial charge on any atom is 0.253 e. The minimum atomic E-state index is -0.0172. The molecule has 1 fully saturated rings. The lowest BCUT2D eigenvalue weighted by Gasteiger charge is -2.35. The number of rotatable bonds is 4. The molecular formula is C20H27N3OS. The number of H-pyrrole nitrogens is 1. The molecule has 1 aliphatic rings. The van der Waals surface area contributed by atoms with E-state index < -0.39 is 0 Å². The van der Waals surface area contributed by atoms with Crippen LogP contribution in [0.4, 0.5) is 0 Å². The molecule has 0 radical (unpaired) electrons. The molecule has 25 heavy (non-hydrogen) atoms. The van der Waals surface area contributed by atoms with Crippen LogP contribution in [0.1, 0.15) is 50.2 Å². The van der Waals surface area contributed by atoms with Crippen LogP contribution in [0.25, 0.3) is 10.9 Å². The Morgan fingerprint density at radius 2 is 2.04 bits per heavy atom. The first-order valence-corrected chi connectivity index (χ1v) is 9.66. The number of aromatic amines is 1. The fourth-order valence-corrected chi connectivity index (χ4v) is 3.94. The second kappa shape index (κ2) is 8.00. The highest BCUT2D eigenvalue weighted by Gasteiger charge is 2.23. The van der Waals surface area contributed by atoms with Crippen LogP contribution in [0.5, 0.6) is 0 Å². The molecule has 1 aromatic carbocycles. The third-order valence-corrected chi connectivity index (χ3v) is 5.66. The largest absolute Gasteiger partial charge is 0.366 e. The second-order valence-corrected chi connectivity index (χ2v) is 7.26. The van der Waals surface area contributed by atoms with Gasteiger partial charge in [0.15, 0.2) is 5.11 Å². The van der Waals surface area contributed by atoms with Crippen LogP contribution in [-0.2, 0) is 13.0 Å². The van der Waals surface area contributed by atoms with Crippen molar-refractivity contribution in [2.75, 3.05) is 7.05 Å². The van der Waals surface area contributed by atoms with Crippen molar-refractivity contribution < 1.29 is 0 Å². The topological polar surface area (TPSA) is 48.1 Å². The number of nitrogens with zero attached hydrogens (tertiary/aromatic N) is 1. The van der Waals surface area contributed by atoms with Gasteiger partial charge in [0.25, 0.3) is 5.56 Å². The number of aromatic nitrogens is 1. The number of thiocarbonyl (C=S) groups is 1. The van der Waals surface area contributed by atoms with E-state index in [-0.39, 0.29) is 5.56 Å². The molecule has 4 nitrogen and oxygen atoms in total. The number of aryl methyl sites for hydroxylation is 1. The van der Waals surface area contributed by atoms with Crippen LogP contribution in [0.3, 0.4) is 0 Å². The van der Waals surface area contributed by atoms with Gasteiger partial charge in [-0.15, -0.1) is 0 Å². The summed E-state index contributed by atoms with van der Waals surface area (Å²) >= 11 is 5.54. The van der Waals surface area contributed by atoms with Crippen LogP contribution < -0.4 is 10.9 Å². The van der Waals surface area contributed by atoms with Crippen molar-refractivity contribution >= 4 is 28.2 Å². The quantitative estimate of drug-likeness (QED) is 0.819. The van der Waals surface area contributed by atoms with Gasteiger partial charge in [0.1, 0.15) is 0 Å². The molecule has 0 unspecified atom stereocenters. The predicted octanol–water partition coefficient (Wildman–Crippen LogP) is 3.73. The van der Waals surface area contributed by atoms with E-state index in [2.05, 4.69) is 34.3 Å². The zero-order valence-corrected chi connectivity index (χ0v) is 15.9. The maximum atomic E-state index is 12.6. The highest BCUT2D eigenvalue weighted by molar-refractivity contribution is 7.80. The van der Waals surface area contributed by atoms with Crippen LogP contribution in [0, 0.1) is 0 Å². The van der Waals surface area contributed by atoms with Crippen molar-refractivity contribution in [1.82, 2.24) is 15.2 Å². The average molecular weight is 358 g/mol. The summed E-state index contributed by atoms with van der Waals surface area (Å²) in [7, 11) is 1.86. The van der Waals surface area contributed by atoms with Crippen LogP contribution in [0.15, 0.2) is 29.1 Å². The Kier molecular flexibility index (Phi) is 5.74. The van der Waals surface area contributed by atoms with Gasteiger partial charge in [0.05, 0.1) is 6.54 Å². The van der Waals surface area contributed by atoms with E-state index in [1.54, 1.807) is 0 Å². The van der Waals surface area contributed by atoms with Crippen molar-refractivity contribution in [2.24, 2.45) is 0 Å². The van der Waals surface area contributed by atoms with E-state index >= 15 is 0 Å². The van der Waals surface area contributed by atoms with Crippen LogP contribution in [-0.4, -0.2) is 28.1 Å². The molecule has 1 saturated carbocycles. The number of hydrogen-bond acceptors (Lipinski definition) is 2. The maximum absolute atomic E-state index is 12.6. The highest BCUT2D eigenvalue weighted by atomic mass is 32.1. The lowest BCUT2D eigenvalue weighted by molar-refractivity contribution is 0.235. The molecule has 134 valence electrons. The Balaban J connectivity index is 1.93. The molecule has 1 aromatic heterocycles. The molecule has 0 saturated heterocycles. The van der Waals surface area contributed by atoms with E-state index in [0.29, 0.717) is 12.6 Å². The Morgan fingerprint density at radius 1 is 1.28 bits per heavy atom. The zero-order valence-electron chi connectivity index (χ0n) is 15.1. The Bertz CT molecular complexity index is 808. The van der Waals surface area contributed by atoms with Gasteiger partial charge in [0, 0.05) is 24.2 Å². The van der Waals surface area contributed by atoms with Gasteiger partial charge in [-0.1, -0.05) is 32.3 Å². The molecule has 0 bridgehead atoms. The van der Waals surface area contributed by atoms with Crippen molar-refractivity contribution in [3.8, 4) is 0 Å². The monoisotopic (exact) mass is 357 g/mol. The molecule has 0 aliphatic heterocycles. The van der Waals surface area contributed by atoms with Gasteiger partial charge in [-0.25, -0.2) is 0 Å². The minimum absolute atomic E-state index is 0.0172. The van der Waals surface area contributed by atoms with Crippen LogP contribution >= 0.6 is 12.2 Å². The molecule has 1 aliphatic carbocycles. The van der Waals surface area contributed by atoms with E-state index in [0.717, 1.165) is 40.8 Å². The summed E-state index contributed by atoms with van der Waals surface area (Å²) in [5.41, 5.74) is 2.94. The summed E-state index contributed by atoms with van der Waals surface area (Å²) in [6, 6.07) is 8.68. The Labute approximate surface area is 154 Å². The summed E-state index contributed by atoms with van der Waals surface area (Å²) in [5, 5.41) is 4.92. The van der Waals surface area contributed by atoms with Crippen molar-refractivity contribution in [2.45, 2.75) is 58.0 Å². The van der Waals surface area contributed by atoms with Crippen LogP contribution in [0.2, 0.25) is 0 Å². The van der Waals surface area contributed by atoms with Gasteiger partial charge in [0.2, 0.25) is 0 Å². The molecule has 0 amide bonds. The van der Waals surface area contributed by atoms with Crippen molar-refractivity contribution in [3.63, 3.8) is 0 Å². The fourth-order valence-electron chi connectivity index (χ4n) is 3.73. The molecule has 2 aromatic rings. The molecular weight excluding hydrogens is 330 g/mol. The summed E-state index contributed by atoms with van der Waals surface area (Å²) in [6.07, 6.45) is 7.05. The molecule has 0 atom stereocenters. The third-order valence-electron chi connectivity index (χ3n) is 5.22. The smallest absolute Gasteiger partial charge is 0.253 e. The standard InChI is InChI=1S/C20H27N3OS/c1-3-14-9-10-18-15(11-14)12-16(19(24)22-18)13-23(20(25)21-2)17-7-5-4-6-8-17/h9-12,17H,3-8,13H2,1-2H3,(H,21,25)(H,22,24). The van der Waals surface area contributed by atoms with Gasteiger partial charge in [-0.05, 0) is 60.6 Å². The van der Waals surface area contributed by atoms with Crippen molar-refractivity contribution in [1.29, 1.82) is 0 Å². The first-order chi connectivity index (χ1) is 12.1. The third kappa shape index (κ3) is 4.03. The number of fused-ring (bicyclic) bond motifs is 1. The Morgan fingerprint density at radius 3 is 2.72 bits per heavy atom. The average Bonchev–Trinajstić information content (AvgIpc) is 2.66. The number of nitrogens with one attached hydrogen (secondary N) is 2. The summed E-state index contributed by atoms with van der Waals surface area (Å²) < 4.78 is 0. The SMILES string of the molecule is CCc1ccc2[nH]c(=O)c(CN(C(=S)NC)C3CCCCC3)cc2c1. The number of pyridine rings is 1. The zero-order chi connectivity index (χ0) is 17.8. The lowest BCUT2D eigenvalue weighted by atomic mass is 9.94. The predicted molar refractivity (Wildman–Crippen MR) is 108 cm³/mol. The van der Waals surface area contributed by atoms with E-state index in [1.165, 1.54) is 24.8 Å². The molecule has 0 spiro atoms. The fraction of sp³-hybridized carbons (Fsp3) is 0.500. The molecule has 5 heteroatoms. The van der Waals surface area contributed by atoms with Gasteiger partial charge in [-0.2, -0.15) is 0 Å². The van der Waals surface area contributed by atoms with Gasteiger partial charge in [-0.3, -0.25) is 4.79 Å². The Hall–Kier alpha value is -1.88. The summed E-state index contributed by atoms with van der Waals surface area (Å²) in [5.74, 6) is 0. The van der Waals surface area contributed by atoms with Gasteiger partial charge >= 0.3 is 0 Å². The molecule has 2 N–H and O–H groups in total. The second-order valence-electron chi connectivity index (χ2n) is 6.87. The van der Waals surface area contributed by atoms with E-state index in [9.17, 15) is 4.79 Å². The van der Waals surface area contributed by atoms with Crippen molar-refractivity contribution in [3.05, 3.63) is 45.7 Å². The highest BCUT2D eigenvalue weighted by Crippen LogP contribution is 2.24. The summed E-state index contributed by atoms with van der Waals surface area (Å²) in [4.78, 5) is 17.8. The number of benzene rings is 1. The van der Waals surface area contributed by atoms with E-state index in [1.807, 2.05) is 19.2 Å². The number of hydrogen-bond donors (Lipinski definition) is 2. The molecule has 1 heterocycles. The lowest BCUT2D eigenvalue weighted by Crippen LogP contribution is -2.46. The summed E-state index contributed by atoms with van der Waals surface area (Å²) in [6.45, 7) is 2.70. The first-order valence-electron chi connectivity index (χ1n) is 9.25. The molecule has 3 rings (SSSR count).